The summed E-state index contributed by atoms with van der Waals surface area (Å²) in [5, 5.41) is 11.4. The van der Waals surface area contributed by atoms with Gasteiger partial charge in [0.25, 0.3) is 0 Å². The number of carbonyl (C=O) groups excluding carboxylic acids is 1. The fraction of sp³-hybridized carbons (Fsp3) is 0.833. The maximum absolute atomic E-state index is 12.1. The van der Waals surface area contributed by atoms with Crippen molar-refractivity contribution in [2.75, 3.05) is 25.1 Å². The van der Waals surface area contributed by atoms with Gasteiger partial charge in [-0.05, 0) is 20.3 Å². The third kappa shape index (κ3) is 6.30. The Bertz CT molecular complexity index is 482. The van der Waals surface area contributed by atoms with Crippen molar-refractivity contribution in [3.8, 4) is 0 Å². The van der Waals surface area contributed by atoms with E-state index in [0.717, 1.165) is 6.26 Å². The number of carboxylic acid groups (broad SMARTS) is 1. The smallest absolute Gasteiger partial charge is 0.326 e. The summed E-state index contributed by atoms with van der Waals surface area (Å²) in [4.78, 5) is 24.7. The van der Waals surface area contributed by atoms with Crippen LogP contribution in [0.4, 0.5) is 4.79 Å². The molecule has 2 amide bonds. The van der Waals surface area contributed by atoms with Crippen LogP contribution in [0.25, 0.3) is 0 Å². The highest BCUT2D eigenvalue weighted by Gasteiger charge is 2.29. The van der Waals surface area contributed by atoms with Gasteiger partial charge in [0.05, 0.1) is 18.0 Å². The van der Waals surface area contributed by atoms with Gasteiger partial charge in [-0.2, -0.15) is 0 Å². The number of sulfone groups is 1. The molecule has 0 aliphatic carbocycles. The zero-order valence-corrected chi connectivity index (χ0v) is 13.2. The Morgan fingerprint density at radius 1 is 1.33 bits per heavy atom. The normalized spacial score (nSPS) is 24.4. The molecule has 122 valence electrons. The molecule has 9 heteroatoms. The molecule has 0 spiro atoms. The SMILES string of the molecule is CC1CN(C(=O)NC(CCS(C)(=O)=O)C(=O)O)CC(C)O1. The minimum Gasteiger partial charge on any atom is -0.480 e. The van der Waals surface area contributed by atoms with Gasteiger partial charge in [-0.25, -0.2) is 18.0 Å². The summed E-state index contributed by atoms with van der Waals surface area (Å²) >= 11 is 0. The Kier molecular flexibility index (Phi) is 5.97. The predicted molar refractivity (Wildman–Crippen MR) is 75.9 cm³/mol. The summed E-state index contributed by atoms with van der Waals surface area (Å²) < 4.78 is 27.7. The van der Waals surface area contributed by atoms with Crippen LogP contribution < -0.4 is 5.32 Å². The number of amides is 2. The van der Waals surface area contributed by atoms with Gasteiger partial charge in [-0.1, -0.05) is 0 Å². The molecule has 1 aliphatic heterocycles. The lowest BCUT2D eigenvalue weighted by atomic mass is 10.2. The first-order valence-corrected chi connectivity index (χ1v) is 8.76. The summed E-state index contributed by atoms with van der Waals surface area (Å²) in [6.45, 7) is 4.39. The van der Waals surface area contributed by atoms with Crippen molar-refractivity contribution in [1.29, 1.82) is 0 Å². The number of hydrogen-bond acceptors (Lipinski definition) is 5. The van der Waals surface area contributed by atoms with E-state index in [0.29, 0.717) is 13.1 Å². The number of hydrogen-bond donors (Lipinski definition) is 2. The predicted octanol–water partition coefficient (Wildman–Crippen LogP) is -0.307. The molecule has 0 aromatic heterocycles. The Morgan fingerprint density at radius 2 is 1.86 bits per heavy atom. The van der Waals surface area contributed by atoms with Crippen molar-refractivity contribution in [2.45, 2.75) is 38.5 Å². The van der Waals surface area contributed by atoms with Gasteiger partial charge < -0.3 is 20.1 Å². The van der Waals surface area contributed by atoms with E-state index in [1.54, 1.807) is 0 Å². The summed E-state index contributed by atoms with van der Waals surface area (Å²) in [5.41, 5.74) is 0. The van der Waals surface area contributed by atoms with Crippen molar-refractivity contribution in [1.82, 2.24) is 10.2 Å². The average molecular weight is 322 g/mol. The average Bonchev–Trinajstić information content (AvgIpc) is 2.31. The summed E-state index contributed by atoms with van der Waals surface area (Å²) in [6, 6.07) is -1.74. The molecular formula is C12H22N2O6S. The van der Waals surface area contributed by atoms with E-state index in [9.17, 15) is 18.0 Å². The Hall–Kier alpha value is -1.35. The number of urea groups is 1. The molecule has 1 saturated heterocycles. The lowest BCUT2D eigenvalue weighted by molar-refractivity contribution is -0.139. The molecule has 21 heavy (non-hydrogen) atoms. The third-order valence-corrected chi connectivity index (χ3v) is 4.06. The zero-order chi connectivity index (χ0) is 16.2. The zero-order valence-electron chi connectivity index (χ0n) is 12.4. The van der Waals surface area contributed by atoms with Crippen molar-refractivity contribution >= 4 is 21.8 Å². The van der Waals surface area contributed by atoms with Crippen LogP contribution in [-0.2, 0) is 19.4 Å². The van der Waals surface area contributed by atoms with E-state index in [1.807, 2.05) is 13.8 Å². The number of carbonyl (C=O) groups is 2. The highest BCUT2D eigenvalue weighted by Crippen LogP contribution is 2.11. The lowest BCUT2D eigenvalue weighted by Gasteiger charge is -2.35. The standard InChI is InChI=1S/C12H22N2O6S/c1-8-6-14(7-9(2)20-8)12(17)13-10(11(15)16)4-5-21(3,18)19/h8-10H,4-7H2,1-3H3,(H,13,17)(H,15,16). The van der Waals surface area contributed by atoms with Crippen molar-refractivity contribution in [3.05, 3.63) is 0 Å². The number of rotatable bonds is 5. The van der Waals surface area contributed by atoms with E-state index in [-0.39, 0.29) is 24.4 Å². The highest BCUT2D eigenvalue weighted by atomic mass is 32.2. The Balaban J connectivity index is 2.62. The van der Waals surface area contributed by atoms with Gasteiger partial charge in [-0.3, -0.25) is 0 Å². The van der Waals surface area contributed by atoms with Crippen LogP contribution in [0.15, 0.2) is 0 Å². The minimum atomic E-state index is -3.28. The maximum Gasteiger partial charge on any atom is 0.326 e. The number of nitrogens with zero attached hydrogens (tertiary/aromatic N) is 1. The summed E-state index contributed by atoms with van der Waals surface area (Å²) in [5.74, 6) is -1.54. The first-order chi connectivity index (χ1) is 9.58. The van der Waals surface area contributed by atoms with Gasteiger partial charge in [0.2, 0.25) is 0 Å². The second-order valence-electron chi connectivity index (χ2n) is 5.42. The molecular weight excluding hydrogens is 300 g/mol. The topological polar surface area (TPSA) is 113 Å². The van der Waals surface area contributed by atoms with Crippen molar-refractivity contribution in [2.24, 2.45) is 0 Å². The molecule has 8 nitrogen and oxygen atoms in total. The van der Waals surface area contributed by atoms with E-state index in [2.05, 4.69) is 5.32 Å². The molecule has 3 atom stereocenters. The van der Waals surface area contributed by atoms with Crippen LogP contribution in [0.5, 0.6) is 0 Å². The molecule has 2 N–H and O–H groups in total. The van der Waals surface area contributed by atoms with Crippen molar-refractivity contribution < 1.29 is 27.9 Å². The second kappa shape index (κ2) is 7.08. The van der Waals surface area contributed by atoms with Crippen LogP contribution in [-0.4, -0.2) is 73.8 Å². The maximum atomic E-state index is 12.1. The van der Waals surface area contributed by atoms with Gasteiger partial charge in [-0.15, -0.1) is 0 Å². The van der Waals surface area contributed by atoms with Crippen LogP contribution in [0.2, 0.25) is 0 Å². The van der Waals surface area contributed by atoms with E-state index in [4.69, 9.17) is 9.84 Å². The molecule has 0 aromatic rings. The molecule has 1 heterocycles. The fourth-order valence-corrected chi connectivity index (χ4v) is 2.84. The molecule has 0 aromatic carbocycles. The van der Waals surface area contributed by atoms with Crippen molar-refractivity contribution in [3.63, 3.8) is 0 Å². The molecule has 1 rings (SSSR count). The first-order valence-electron chi connectivity index (χ1n) is 6.70. The molecule has 0 saturated carbocycles. The Morgan fingerprint density at radius 3 is 2.29 bits per heavy atom. The summed E-state index contributed by atoms with van der Waals surface area (Å²) in [6.07, 6.45) is 0.617. The van der Waals surface area contributed by atoms with E-state index >= 15 is 0 Å². The number of nitrogens with one attached hydrogen (secondary N) is 1. The number of aliphatic carboxylic acids is 1. The number of ether oxygens (including phenoxy) is 1. The molecule has 1 fully saturated rings. The molecule has 3 unspecified atom stereocenters. The Labute approximate surface area is 124 Å². The molecule has 0 radical (unpaired) electrons. The van der Waals surface area contributed by atoms with Gasteiger partial charge in [0.1, 0.15) is 15.9 Å². The third-order valence-electron chi connectivity index (χ3n) is 3.08. The van der Waals surface area contributed by atoms with E-state index in [1.165, 1.54) is 4.90 Å². The van der Waals surface area contributed by atoms with Crippen LogP contribution >= 0.6 is 0 Å². The van der Waals surface area contributed by atoms with Gasteiger partial charge in [0.15, 0.2) is 0 Å². The number of carboxylic acids is 1. The molecule has 1 aliphatic rings. The van der Waals surface area contributed by atoms with Gasteiger partial charge >= 0.3 is 12.0 Å². The largest absolute Gasteiger partial charge is 0.480 e. The number of morpholine rings is 1. The molecule has 0 bridgehead atoms. The monoisotopic (exact) mass is 322 g/mol. The van der Waals surface area contributed by atoms with Crippen LogP contribution in [0.1, 0.15) is 20.3 Å². The lowest BCUT2D eigenvalue weighted by Crippen LogP contribution is -2.54. The highest BCUT2D eigenvalue weighted by molar-refractivity contribution is 7.90. The van der Waals surface area contributed by atoms with Crippen LogP contribution in [0, 0.1) is 0 Å². The minimum absolute atomic E-state index is 0.126. The van der Waals surface area contributed by atoms with E-state index < -0.39 is 27.9 Å². The van der Waals surface area contributed by atoms with Gasteiger partial charge in [0, 0.05) is 19.3 Å². The summed E-state index contributed by atoms with van der Waals surface area (Å²) in [7, 11) is -3.28. The second-order valence-corrected chi connectivity index (χ2v) is 7.68. The quantitative estimate of drug-likeness (QED) is 0.718. The fourth-order valence-electron chi connectivity index (χ4n) is 2.17. The van der Waals surface area contributed by atoms with Crippen LogP contribution in [0.3, 0.4) is 0 Å². The first kappa shape index (κ1) is 17.7.